The van der Waals surface area contributed by atoms with Gasteiger partial charge in [-0.15, -0.1) is 0 Å². The summed E-state index contributed by atoms with van der Waals surface area (Å²) in [6.07, 6.45) is 0.990. The standard InChI is InChI=1S/C14H18F3NO/c1-19-13-9(7-11-4-2-3-5-18-11)6-10(15)8-12(13)14(16)17/h6,8,11,14,18H,2-5,7H2,1H3. The molecule has 1 unspecified atom stereocenters. The van der Waals surface area contributed by atoms with Crippen molar-refractivity contribution in [1.29, 1.82) is 0 Å². The molecule has 1 aliphatic rings. The smallest absolute Gasteiger partial charge is 0.267 e. The first kappa shape index (κ1) is 14.2. The van der Waals surface area contributed by atoms with Gasteiger partial charge in [0.2, 0.25) is 0 Å². The Hall–Kier alpha value is -1.23. The minimum absolute atomic E-state index is 0.115. The normalized spacial score (nSPS) is 19.7. The maximum atomic E-state index is 13.4. The Morgan fingerprint density at radius 1 is 1.37 bits per heavy atom. The Balaban J connectivity index is 2.27. The fourth-order valence-corrected chi connectivity index (χ4v) is 2.60. The monoisotopic (exact) mass is 273 g/mol. The second kappa shape index (κ2) is 6.28. The average molecular weight is 273 g/mol. The fraction of sp³-hybridized carbons (Fsp3) is 0.571. The lowest BCUT2D eigenvalue weighted by atomic mass is 9.96. The number of nitrogens with one attached hydrogen (secondary N) is 1. The van der Waals surface area contributed by atoms with Crippen molar-refractivity contribution in [3.8, 4) is 5.75 Å². The largest absolute Gasteiger partial charge is 0.496 e. The molecule has 19 heavy (non-hydrogen) atoms. The topological polar surface area (TPSA) is 21.3 Å². The summed E-state index contributed by atoms with van der Waals surface area (Å²) >= 11 is 0. The van der Waals surface area contributed by atoms with Gasteiger partial charge in [-0.2, -0.15) is 0 Å². The minimum Gasteiger partial charge on any atom is -0.496 e. The Morgan fingerprint density at radius 2 is 2.16 bits per heavy atom. The maximum absolute atomic E-state index is 13.4. The third-order valence-corrected chi connectivity index (χ3v) is 3.48. The predicted molar refractivity (Wildman–Crippen MR) is 67.3 cm³/mol. The molecule has 1 heterocycles. The predicted octanol–water partition coefficient (Wildman–Crippen LogP) is 3.46. The van der Waals surface area contributed by atoms with Crippen LogP contribution in [0.4, 0.5) is 13.2 Å². The maximum Gasteiger partial charge on any atom is 0.267 e. The van der Waals surface area contributed by atoms with E-state index in [2.05, 4.69) is 5.32 Å². The molecule has 1 fully saturated rings. The van der Waals surface area contributed by atoms with E-state index in [1.807, 2.05) is 0 Å². The summed E-state index contributed by atoms with van der Waals surface area (Å²) in [5.41, 5.74) is 0.144. The second-order valence-electron chi connectivity index (χ2n) is 4.84. The molecule has 0 aliphatic carbocycles. The molecule has 1 aliphatic heterocycles. The van der Waals surface area contributed by atoms with Crippen LogP contribution in [0.1, 0.15) is 36.8 Å². The third-order valence-electron chi connectivity index (χ3n) is 3.48. The third kappa shape index (κ3) is 3.41. The molecule has 0 radical (unpaired) electrons. The number of alkyl halides is 2. The van der Waals surface area contributed by atoms with Crippen molar-refractivity contribution in [1.82, 2.24) is 5.32 Å². The summed E-state index contributed by atoms with van der Waals surface area (Å²) in [4.78, 5) is 0. The highest BCUT2D eigenvalue weighted by molar-refractivity contribution is 5.43. The summed E-state index contributed by atoms with van der Waals surface area (Å²) in [5.74, 6) is -0.523. The molecule has 0 aromatic heterocycles. The summed E-state index contributed by atoms with van der Waals surface area (Å²) in [5, 5.41) is 3.32. The Bertz CT molecular complexity index is 431. The van der Waals surface area contributed by atoms with Crippen molar-refractivity contribution >= 4 is 0 Å². The van der Waals surface area contributed by atoms with E-state index in [9.17, 15) is 13.2 Å². The van der Waals surface area contributed by atoms with Crippen molar-refractivity contribution < 1.29 is 17.9 Å². The van der Waals surface area contributed by atoms with Gasteiger partial charge in [0.1, 0.15) is 11.6 Å². The summed E-state index contributed by atoms with van der Waals surface area (Å²) < 4.78 is 44.3. The lowest BCUT2D eigenvalue weighted by molar-refractivity contribution is 0.146. The van der Waals surface area contributed by atoms with Gasteiger partial charge in [-0.1, -0.05) is 6.42 Å². The molecule has 1 N–H and O–H groups in total. The van der Waals surface area contributed by atoms with Gasteiger partial charge in [-0.25, -0.2) is 13.2 Å². The highest BCUT2D eigenvalue weighted by Crippen LogP contribution is 2.34. The van der Waals surface area contributed by atoms with Gasteiger partial charge < -0.3 is 10.1 Å². The lowest BCUT2D eigenvalue weighted by Crippen LogP contribution is -2.35. The number of methoxy groups -OCH3 is 1. The van der Waals surface area contributed by atoms with Gasteiger partial charge in [0.15, 0.2) is 0 Å². The average Bonchev–Trinajstić information content (AvgIpc) is 2.39. The summed E-state index contributed by atoms with van der Waals surface area (Å²) in [6, 6.07) is 2.34. The van der Waals surface area contributed by atoms with Crippen molar-refractivity contribution in [2.45, 2.75) is 38.2 Å². The lowest BCUT2D eigenvalue weighted by Gasteiger charge is -2.24. The zero-order valence-electron chi connectivity index (χ0n) is 10.9. The molecule has 1 aromatic rings. The SMILES string of the molecule is COc1c(CC2CCCCN2)cc(F)cc1C(F)F. The molecule has 0 amide bonds. The van der Waals surface area contributed by atoms with Crippen LogP contribution in [0.2, 0.25) is 0 Å². The number of ether oxygens (including phenoxy) is 1. The van der Waals surface area contributed by atoms with Crippen LogP contribution in [0.25, 0.3) is 0 Å². The number of hydrogen-bond donors (Lipinski definition) is 1. The molecule has 1 aromatic carbocycles. The van der Waals surface area contributed by atoms with E-state index in [0.717, 1.165) is 31.9 Å². The Labute approximate surface area is 111 Å². The molecule has 0 saturated carbocycles. The van der Waals surface area contributed by atoms with Crippen LogP contribution >= 0.6 is 0 Å². The number of benzene rings is 1. The summed E-state index contributed by atoms with van der Waals surface area (Å²) in [6.45, 7) is 0.921. The molecule has 1 saturated heterocycles. The van der Waals surface area contributed by atoms with Gasteiger partial charge in [-0.3, -0.25) is 0 Å². The van der Waals surface area contributed by atoms with Crippen molar-refractivity contribution in [2.75, 3.05) is 13.7 Å². The van der Waals surface area contributed by atoms with E-state index in [1.165, 1.54) is 13.2 Å². The van der Waals surface area contributed by atoms with Crippen LogP contribution in [0.5, 0.6) is 5.75 Å². The highest BCUT2D eigenvalue weighted by atomic mass is 19.3. The van der Waals surface area contributed by atoms with Crippen LogP contribution in [-0.4, -0.2) is 19.7 Å². The molecule has 2 nitrogen and oxygen atoms in total. The van der Waals surface area contributed by atoms with Gasteiger partial charge in [0, 0.05) is 6.04 Å². The Kier molecular flexibility index (Phi) is 4.69. The fourth-order valence-electron chi connectivity index (χ4n) is 2.60. The van der Waals surface area contributed by atoms with Crippen LogP contribution < -0.4 is 10.1 Å². The van der Waals surface area contributed by atoms with E-state index in [-0.39, 0.29) is 17.4 Å². The van der Waals surface area contributed by atoms with E-state index >= 15 is 0 Å². The number of rotatable bonds is 4. The van der Waals surface area contributed by atoms with Gasteiger partial charge >= 0.3 is 0 Å². The van der Waals surface area contributed by atoms with Gasteiger partial charge in [0.05, 0.1) is 12.7 Å². The highest BCUT2D eigenvalue weighted by Gasteiger charge is 2.22. The van der Waals surface area contributed by atoms with Gasteiger partial charge in [0.25, 0.3) is 6.43 Å². The first-order chi connectivity index (χ1) is 9.11. The quantitative estimate of drug-likeness (QED) is 0.907. The van der Waals surface area contributed by atoms with Gasteiger partial charge in [-0.05, 0) is 43.5 Å². The van der Waals surface area contributed by atoms with Crippen LogP contribution in [0.3, 0.4) is 0 Å². The van der Waals surface area contributed by atoms with Crippen molar-refractivity contribution in [2.24, 2.45) is 0 Å². The van der Waals surface area contributed by atoms with E-state index in [1.54, 1.807) is 0 Å². The van der Waals surface area contributed by atoms with E-state index in [4.69, 9.17) is 4.74 Å². The first-order valence-electron chi connectivity index (χ1n) is 6.49. The molecule has 106 valence electrons. The zero-order valence-corrected chi connectivity index (χ0v) is 10.9. The van der Waals surface area contributed by atoms with E-state index < -0.39 is 12.2 Å². The van der Waals surface area contributed by atoms with Crippen LogP contribution in [0.15, 0.2) is 12.1 Å². The molecule has 1 atom stereocenters. The number of halogens is 3. The molecular formula is C14H18F3NO. The first-order valence-corrected chi connectivity index (χ1v) is 6.49. The zero-order chi connectivity index (χ0) is 13.8. The molecule has 0 spiro atoms. The molecular weight excluding hydrogens is 255 g/mol. The summed E-state index contributed by atoms with van der Waals surface area (Å²) in [7, 11) is 1.34. The number of piperidine rings is 1. The molecule has 5 heteroatoms. The van der Waals surface area contributed by atoms with Crippen molar-refractivity contribution in [3.63, 3.8) is 0 Å². The van der Waals surface area contributed by atoms with Crippen LogP contribution in [-0.2, 0) is 6.42 Å². The minimum atomic E-state index is -2.73. The second-order valence-corrected chi connectivity index (χ2v) is 4.84. The molecule has 0 bridgehead atoms. The van der Waals surface area contributed by atoms with Crippen molar-refractivity contribution in [3.05, 3.63) is 29.1 Å². The number of hydrogen-bond acceptors (Lipinski definition) is 2. The van der Waals surface area contributed by atoms with E-state index in [0.29, 0.717) is 12.0 Å². The van der Waals surface area contributed by atoms with Crippen LogP contribution in [0, 0.1) is 5.82 Å². The molecule has 2 rings (SSSR count). The Morgan fingerprint density at radius 3 is 2.74 bits per heavy atom.